The van der Waals surface area contributed by atoms with Crippen LogP contribution in [0.25, 0.3) is 0 Å². The number of nitrogens with zero attached hydrogens (tertiary/aromatic N) is 1. The van der Waals surface area contributed by atoms with Crippen molar-refractivity contribution in [2.24, 2.45) is 0 Å². The molecule has 2 saturated carbocycles. The van der Waals surface area contributed by atoms with Crippen LogP contribution in [0.15, 0.2) is 18.2 Å². The van der Waals surface area contributed by atoms with Gasteiger partial charge in [0.25, 0.3) is 0 Å². The minimum atomic E-state index is -0.171. The fourth-order valence-electron chi connectivity index (χ4n) is 2.54. The second-order valence-electron chi connectivity index (χ2n) is 5.55. The van der Waals surface area contributed by atoms with Crippen LogP contribution in [0.1, 0.15) is 31.2 Å². The molecule has 2 fully saturated rings. The number of para-hydroxylation sites is 1. The van der Waals surface area contributed by atoms with E-state index in [0.29, 0.717) is 30.9 Å². The summed E-state index contributed by atoms with van der Waals surface area (Å²) in [7, 11) is 0. The average Bonchev–Trinajstić information content (AvgIpc) is 3.28. The summed E-state index contributed by atoms with van der Waals surface area (Å²) < 4.78 is 14.2. The Morgan fingerprint density at radius 1 is 1.26 bits per heavy atom. The van der Waals surface area contributed by atoms with Crippen molar-refractivity contribution < 1.29 is 9.50 Å². The normalized spacial score (nSPS) is 18.6. The standard InChI is InChI=1S/C15H21FN2O/c16-14-3-1-2-11(10-17-12-4-5-12)15(14)18(8-9-19)13-6-7-13/h1-3,12-13,17,19H,4-10H2. The number of halogens is 1. The van der Waals surface area contributed by atoms with Gasteiger partial charge in [0.1, 0.15) is 5.82 Å². The van der Waals surface area contributed by atoms with Crippen LogP contribution in [0.4, 0.5) is 10.1 Å². The van der Waals surface area contributed by atoms with Crippen LogP contribution >= 0.6 is 0 Å². The van der Waals surface area contributed by atoms with Crippen molar-refractivity contribution in [1.29, 1.82) is 0 Å². The van der Waals surface area contributed by atoms with Gasteiger partial charge in [0.2, 0.25) is 0 Å². The molecule has 0 aromatic heterocycles. The van der Waals surface area contributed by atoms with Crippen LogP contribution in [-0.2, 0) is 6.54 Å². The van der Waals surface area contributed by atoms with Gasteiger partial charge >= 0.3 is 0 Å². The molecule has 104 valence electrons. The van der Waals surface area contributed by atoms with Gasteiger partial charge in [-0.1, -0.05) is 12.1 Å². The van der Waals surface area contributed by atoms with E-state index in [2.05, 4.69) is 5.32 Å². The fourth-order valence-corrected chi connectivity index (χ4v) is 2.54. The maximum Gasteiger partial charge on any atom is 0.146 e. The molecule has 0 aliphatic heterocycles. The summed E-state index contributed by atoms with van der Waals surface area (Å²) in [5, 5.41) is 12.6. The van der Waals surface area contributed by atoms with Gasteiger partial charge in [-0.25, -0.2) is 4.39 Å². The quantitative estimate of drug-likeness (QED) is 0.791. The second-order valence-corrected chi connectivity index (χ2v) is 5.55. The van der Waals surface area contributed by atoms with E-state index < -0.39 is 0 Å². The molecule has 0 atom stereocenters. The maximum absolute atomic E-state index is 14.2. The van der Waals surface area contributed by atoms with E-state index in [1.807, 2.05) is 11.0 Å². The number of hydrogen-bond donors (Lipinski definition) is 2. The van der Waals surface area contributed by atoms with Crippen LogP contribution in [0.5, 0.6) is 0 Å². The number of hydrogen-bond acceptors (Lipinski definition) is 3. The third kappa shape index (κ3) is 3.07. The van der Waals surface area contributed by atoms with E-state index >= 15 is 0 Å². The summed E-state index contributed by atoms with van der Waals surface area (Å²) in [6.45, 7) is 1.30. The van der Waals surface area contributed by atoms with Crippen LogP contribution in [0.2, 0.25) is 0 Å². The Labute approximate surface area is 113 Å². The highest BCUT2D eigenvalue weighted by atomic mass is 19.1. The predicted octanol–water partition coefficient (Wildman–Crippen LogP) is 2.04. The molecule has 19 heavy (non-hydrogen) atoms. The number of benzene rings is 1. The fraction of sp³-hybridized carbons (Fsp3) is 0.600. The molecule has 4 heteroatoms. The summed E-state index contributed by atoms with van der Waals surface area (Å²) in [5.41, 5.74) is 1.69. The summed E-state index contributed by atoms with van der Waals surface area (Å²) in [6, 6.07) is 6.29. The van der Waals surface area contributed by atoms with Crippen LogP contribution in [-0.4, -0.2) is 30.3 Å². The Bertz CT molecular complexity index is 444. The largest absolute Gasteiger partial charge is 0.395 e. The number of anilines is 1. The summed E-state index contributed by atoms with van der Waals surface area (Å²) in [6.07, 6.45) is 4.66. The topological polar surface area (TPSA) is 35.5 Å². The molecular weight excluding hydrogens is 243 g/mol. The Kier molecular flexibility index (Phi) is 3.71. The van der Waals surface area contributed by atoms with Gasteiger partial charge < -0.3 is 15.3 Å². The molecule has 0 unspecified atom stereocenters. The lowest BCUT2D eigenvalue weighted by Gasteiger charge is -2.27. The van der Waals surface area contributed by atoms with Crippen molar-refractivity contribution in [3.8, 4) is 0 Å². The van der Waals surface area contributed by atoms with Gasteiger partial charge in [-0.15, -0.1) is 0 Å². The monoisotopic (exact) mass is 264 g/mol. The van der Waals surface area contributed by atoms with E-state index in [-0.39, 0.29) is 12.4 Å². The molecule has 0 heterocycles. The lowest BCUT2D eigenvalue weighted by Crippen LogP contribution is -2.31. The molecular formula is C15H21FN2O. The zero-order valence-corrected chi connectivity index (χ0v) is 11.1. The van der Waals surface area contributed by atoms with Crippen molar-refractivity contribution in [2.75, 3.05) is 18.1 Å². The Morgan fingerprint density at radius 2 is 2.05 bits per heavy atom. The number of nitrogens with one attached hydrogen (secondary N) is 1. The molecule has 2 aliphatic carbocycles. The lowest BCUT2D eigenvalue weighted by atomic mass is 10.1. The smallest absolute Gasteiger partial charge is 0.146 e. The molecule has 2 N–H and O–H groups in total. The SMILES string of the molecule is OCCN(c1c(F)cccc1CNC1CC1)C1CC1. The molecule has 0 amide bonds. The molecule has 0 radical (unpaired) electrons. The molecule has 1 aromatic carbocycles. The van der Waals surface area contributed by atoms with Crippen molar-refractivity contribution in [3.05, 3.63) is 29.6 Å². The zero-order valence-electron chi connectivity index (χ0n) is 11.1. The first-order valence-electron chi connectivity index (χ1n) is 7.18. The van der Waals surface area contributed by atoms with Gasteiger partial charge in [-0.2, -0.15) is 0 Å². The summed E-state index contributed by atoms with van der Waals surface area (Å²) in [5.74, 6) is -0.171. The zero-order chi connectivity index (χ0) is 13.2. The number of rotatable bonds is 7. The van der Waals surface area contributed by atoms with Crippen molar-refractivity contribution in [3.63, 3.8) is 0 Å². The van der Waals surface area contributed by atoms with Crippen molar-refractivity contribution in [1.82, 2.24) is 5.32 Å². The predicted molar refractivity (Wildman–Crippen MR) is 73.7 cm³/mol. The summed E-state index contributed by atoms with van der Waals surface area (Å²) >= 11 is 0. The van der Waals surface area contributed by atoms with Crippen LogP contribution < -0.4 is 10.2 Å². The van der Waals surface area contributed by atoms with Crippen molar-refractivity contribution in [2.45, 2.75) is 44.3 Å². The summed E-state index contributed by atoms with van der Waals surface area (Å²) in [4.78, 5) is 2.04. The Morgan fingerprint density at radius 3 is 2.68 bits per heavy atom. The minimum absolute atomic E-state index is 0.0698. The molecule has 0 bridgehead atoms. The maximum atomic E-state index is 14.2. The first kappa shape index (κ1) is 12.9. The molecule has 2 aliphatic rings. The highest BCUT2D eigenvalue weighted by molar-refractivity contribution is 5.56. The van der Waals surface area contributed by atoms with Crippen LogP contribution in [0.3, 0.4) is 0 Å². The van der Waals surface area contributed by atoms with Crippen LogP contribution in [0, 0.1) is 5.82 Å². The first-order chi connectivity index (χ1) is 9.29. The van der Waals surface area contributed by atoms with Gasteiger partial charge in [0.15, 0.2) is 0 Å². The van der Waals surface area contributed by atoms with Gasteiger partial charge in [-0.05, 0) is 37.3 Å². The first-order valence-corrected chi connectivity index (χ1v) is 7.18. The third-order valence-electron chi connectivity index (χ3n) is 3.84. The minimum Gasteiger partial charge on any atom is -0.395 e. The lowest BCUT2D eigenvalue weighted by molar-refractivity contribution is 0.301. The van der Waals surface area contributed by atoms with E-state index in [0.717, 1.165) is 18.4 Å². The van der Waals surface area contributed by atoms with E-state index in [1.165, 1.54) is 18.9 Å². The van der Waals surface area contributed by atoms with Crippen molar-refractivity contribution >= 4 is 5.69 Å². The van der Waals surface area contributed by atoms with E-state index in [9.17, 15) is 9.50 Å². The van der Waals surface area contributed by atoms with Gasteiger partial charge in [0.05, 0.1) is 12.3 Å². The molecule has 1 aromatic rings. The Balaban J connectivity index is 1.82. The molecule has 0 spiro atoms. The van der Waals surface area contributed by atoms with E-state index in [4.69, 9.17) is 0 Å². The number of aliphatic hydroxyl groups excluding tert-OH is 1. The highest BCUT2D eigenvalue weighted by Gasteiger charge is 2.32. The third-order valence-corrected chi connectivity index (χ3v) is 3.84. The average molecular weight is 264 g/mol. The highest BCUT2D eigenvalue weighted by Crippen LogP contribution is 2.35. The second kappa shape index (κ2) is 5.47. The Hall–Kier alpha value is -1.13. The molecule has 3 nitrogen and oxygen atoms in total. The number of aliphatic hydroxyl groups is 1. The van der Waals surface area contributed by atoms with Gasteiger partial charge in [-0.3, -0.25) is 0 Å². The van der Waals surface area contributed by atoms with E-state index in [1.54, 1.807) is 6.07 Å². The molecule has 0 saturated heterocycles. The molecule has 3 rings (SSSR count). The van der Waals surface area contributed by atoms with Gasteiger partial charge in [0, 0.05) is 25.2 Å².